The van der Waals surface area contributed by atoms with Crippen LogP contribution in [0.2, 0.25) is 10.0 Å². The van der Waals surface area contributed by atoms with Gasteiger partial charge >= 0.3 is 6.18 Å². The number of likely N-dealkylation sites (tertiary alicyclic amines) is 2. The van der Waals surface area contributed by atoms with E-state index in [-0.39, 0.29) is 46.6 Å². The van der Waals surface area contributed by atoms with E-state index >= 15 is 13.2 Å². The predicted molar refractivity (Wildman–Crippen MR) is 234 cm³/mol. The number of aliphatic hydroxyl groups excluding tert-OH is 1. The molecule has 4 aliphatic rings. The van der Waals surface area contributed by atoms with E-state index in [0.29, 0.717) is 84.1 Å². The number of hydrogen-bond donors (Lipinski definition) is 3. The lowest BCUT2D eigenvalue weighted by molar-refractivity contribution is -0.137. The summed E-state index contributed by atoms with van der Waals surface area (Å²) in [6.45, 7) is 4.37. The summed E-state index contributed by atoms with van der Waals surface area (Å²) in [5.74, 6) is -0.802. The standard InChI is InChI=1S/C45H42Cl2F3N7O5S/c1-44(13-14-44)63(60,61)55-42(59)26-11-17-57(22-26)35-9-8-28-32(35)19-34-40(36(28)45(48,49)50)62-43(54-34)31-6-2-4-29(37(31)46)30-5-3-7-33(38(30)47)53-41-39-25(10-15-51-41)18-24(20-52-39)21-56-16-12-27(58)23-56/h2-7,10,15,18-20,26-27,35,58H,8-9,11-14,16-17,21-23H2,1H3,(H,51,53)(H,55,59)/t26-,27-,35-/m1/s1. The molecule has 2 aliphatic carbocycles. The average molecular weight is 921 g/mol. The summed E-state index contributed by atoms with van der Waals surface area (Å²) in [6, 6.07) is 15.6. The molecule has 0 radical (unpaired) electrons. The molecule has 18 heteroatoms. The Morgan fingerprint density at radius 3 is 2.49 bits per heavy atom. The van der Waals surface area contributed by atoms with Gasteiger partial charge in [-0.2, -0.15) is 13.2 Å². The van der Waals surface area contributed by atoms with Gasteiger partial charge in [-0.15, -0.1) is 0 Å². The molecule has 2 aliphatic heterocycles. The first-order valence-corrected chi connectivity index (χ1v) is 23.1. The molecule has 12 nitrogen and oxygen atoms in total. The maximum Gasteiger partial charge on any atom is 0.420 e. The molecule has 0 spiro atoms. The zero-order valence-electron chi connectivity index (χ0n) is 34.0. The highest BCUT2D eigenvalue weighted by atomic mass is 35.5. The van der Waals surface area contributed by atoms with Crippen LogP contribution < -0.4 is 10.0 Å². The van der Waals surface area contributed by atoms with Crippen molar-refractivity contribution in [3.63, 3.8) is 0 Å². The number of nitrogens with zero attached hydrogens (tertiary/aromatic N) is 5. The van der Waals surface area contributed by atoms with Gasteiger partial charge in [0.1, 0.15) is 16.6 Å². The van der Waals surface area contributed by atoms with Gasteiger partial charge in [0.25, 0.3) is 0 Å². The van der Waals surface area contributed by atoms with E-state index in [1.54, 1.807) is 61.8 Å². The van der Waals surface area contributed by atoms with Crippen LogP contribution >= 0.6 is 23.2 Å². The number of aromatic nitrogens is 3. The Morgan fingerprint density at radius 2 is 1.75 bits per heavy atom. The average Bonchev–Trinajstić information content (AvgIpc) is 3.69. The summed E-state index contributed by atoms with van der Waals surface area (Å²) in [4.78, 5) is 31.1. The molecular formula is C45H42Cl2F3N7O5S. The minimum atomic E-state index is -4.77. The molecule has 1 amide bonds. The molecule has 0 bridgehead atoms. The normalized spacial score (nSPS) is 21.3. The van der Waals surface area contributed by atoms with Crippen molar-refractivity contribution in [2.45, 2.75) is 75.1 Å². The summed E-state index contributed by atoms with van der Waals surface area (Å²) < 4.78 is 77.9. The molecule has 3 atom stereocenters. The second kappa shape index (κ2) is 15.7. The van der Waals surface area contributed by atoms with Crippen LogP contribution in [0, 0.1) is 5.92 Å². The topological polar surface area (TPSA) is 154 Å². The van der Waals surface area contributed by atoms with E-state index in [9.17, 15) is 18.3 Å². The third kappa shape index (κ3) is 7.71. The minimum Gasteiger partial charge on any atom is -0.435 e. The Kier molecular flexibility index (Phi) is 10.5. The van der Waals surface area contributed by atoms with E-state index in [4.69, 9.17) is 32.6 Å². The van der Waals surface area contributed by atoms with Crippen LogP contribution in [0.3, 0.4) is 0 Å². The van der Waals surface area contributed by atoms with Gasteiger partial charge in [-0.3, -0.25) is 24.3 Å². The molecule has 3 fully saturated rings. The van der Waals surface area contributed by atoms with Crippen molar-refractivity contribution in [1.29, 1.82) is 0 Å². The van der Waals surface area contributed by atoms with Crippen molar-refractivity contribution in [3.8, 4) is 22.6 Å². The summed E-state index contributed by atoms with van der Waals surface area (Å²) in [6.07, 6.45) is 1.05. The SMILES string of the molecule is CC1(S(=O)(=O)NC(=O)[C@@H]2CCN([C@@H]3CCc4c3cc3nc(-c5cccc(-c6cccc(Nc7nccc8cc(CN9CC[C@@H](O)C9)cnc78)c6Cl)c5Cl)oc3c4C(F)(F)F)C2)CC1. The van der Waals surface area contributed by atoms with Gasteiger partial charge in [0.05, 0.1) is 38.1 Å². The molecule has 328 valence electrons. The zero-order chi connectivity index (χ0) is 44.0. The summed E-state index contributed by atoms with van der Waals surface area (Å²) in [5, 5.41) is 14.6. The van der Waals surface area contributed by atoms with E-state index in [2.05, 4.69) is 31.0 Å². The van der Waals surface area contributed by atoms with Gasteiger partial charge in [0.15, 0.2) is 11.4 Å². The Bertz CT molecular complexity index is 2950. The number of anilines is 2. The van der Waals surface area contributed by atoms with Crippen molar-refractivity contribution in [2.24, 2.45) is 5.92 Å². The van der Waals surface area contributed by atoms with Crippen LogP contribution in [0.1, 0.15) is 67.3 Å². The number of halogens is 5. The molecule has 1 saturated carbocycles. The van der Waals surface area contributed by atoms with Crippen LogP contribution in [0.15, 0.2) is 71.4 Å². The number of amides is 1. The second-order valence-electron chi connectivity index (χ2n) is 17.4. The van der Waals surface area contributed by atoms with Crippen LogP contribution in [0.25, 0.3) is 44.6 Å². The van der Waals surface area contributed by atoms with Gasteiger partial charge < -0.3 is 14.8 Å². The second-order valence-corrected chi connectivity index (χ2v) is 20.3. The van der Waals surface area contributed by atoms with E-state index in [1.807, 2.05) is 11.0 Å². The van der Waals surface area contributed by atoms with Gasteiger partial charge in [-0.05, 0) is 99.0 Å². The summed E-state index contributed by atoms with van der Waals surface area (Å²) in [7, 11) is -3.82. The van der Waals surface area contributed by atoms with Crippen molar-refractivity contribution in [2.75, 3.05) is 31.5 Å². The fourth-order valence-corrected chi connectivity index (χ4v) is 11.3. The first-order chi connectivity index (χ1) is 30.1. The number of benzene rings is 3. The molecule has 3 N–H and O–H groups in total. The van der Waals surface area contributed by atoms with Gasteiger partial charge in [-0.25, -0.2) is 18.4 Å². The van der Waals surface area contributed by atoms with Crippen LogP contribution in [-0.2, 0) is 34.0 Å². The first-order valence-electron chi connectivity index (χ1n) is 20.9. The smallest absolute Gasteiger partial charge is 0.420 e. The third-order valence-corrected chi connectivity index (χ3v) is 16.1. The molecule has 63 heavy (non-hydrogen) atoms. The Labute approximate surface area is 370 Å². The number of pyridine rings is 2. The molecule has 3 aromatic carbocycles. The molecule has 3 aromatic heterocycles. The highest BCUT2D eigenvalue weighted by Crippen LogP contribution is 2.49. The number of alkyl halides is 3. The minimum absolute atomic E-state index is 0.0177. The predicted octanol–water partition coefficient (Wildman–Crippen LogP) is 9.05. The molecule has 10 rings (SSSR count). The number of fused-ring (bicyclic) bond motifs is 3. The molecule has 2 saturated heterocycles. The van der Waals surface area contributed by atoms with E-state index in [1.165, 1.54) is 0 Å². The Hall–Kier alpha value is -4.84. The fraction of sp³-hybridized carbons (Fsp3) is 0.378. The van der Waals surface area contributed by atoms with Crippen molar-refractivity contribution < 1.29 is 35.9 Å². The van der Waals surface area contributed by atoms with Crippen LogP contribution in [0.4, 0.5) is 24.7 Å². The number of β-amino-alcohol motifs (C(OH)–C–C–N with tert-alkyl or cyclic N) is 1. The summed E-state index contributed by atoms with van der Waals surface area (Å²) >= 11 is 14.2. The molecule has 5 heterocycles. The number of carbonyl (C=O) groups excluding carboxylic acids is 1. The van der Waals surface area contributed by atoms with E-state index in [0.717, 1.165) is 23.9 Å². The molecule has 6 aromatic rings. The Balaban J connectivity index is 0.926. The lowest BCUT2D eigenvalue weighted by Gasteiger charge is -2.25. The highest BCUT2D eigenvalue weighted by molar-refractivity contribution is 7.91. The summed E-state index contributed by atoms with van der Waals surface area (Å²) in [5.41, 5.74) is 2.81. The number of nitrogens with one attached hydrogen (secondary N) is 2. The number of aliphatic hydroxyl groups is 1. The monoisotopic (exact) mass is 919 g/mol. The largest absolute Gasteiger partial charge is 0.435 e. The van der Waals surface area contributed by atoms with Crippen molar-refractivity contribution >= 4 is 72.6 Å². The molecule has 0 unspecified atom stereocenters. The van der Waals surface area contributed by atoms with Crippen molar-refractivity contribution in [3.05, 3.63) is 99.3 Å². The van der Waals surface area contributed by atoms with Crippen LogP contribution in [0.5, 0.6) is 0 Å². The van der Waals surface area contributed by atoms with Gasteiger partial charge in [0, 0.05) is 61.1 Å². The zero-order valence-corrected chi connectivity index (χ0v) is 36.3. The lowest BCUT2D eigenvalue weighted by Crippen LogP contribution is -2.42. The number of hydrogen-bond acceptors (Lipinski definition) is 11. The van der Waals surface area contributed by atoms with Crippen LogP contribution in [-0.4, -0.2) is 81.2 Å². The number of sulfonamides is 1. The maximum absolute atomic E-state index is 15.0. The number of carbonyl (C=O) groups is 1. The number of oxazole rings is 1. The quantitative estimate of drug-likeness (QED) is 0.121. The maximum atomic E-state index is 15.0. The number of rotatable bonds is 10. The van der Waals surface area contributed by atoms with Gasteiger partial charge in [0.2, 0.25) is 21.8 Å². The third-order valence-electron chi connectivity index (χ3n) is 13.1. The first kappa shape index (κ1) is 42.1. The highest BCUT2D eigenvalue weighted by Gasteiger charge is 2.52. The Morgan fingerprint density at radius 1 is 0.984 bits per heavy atom. The fourth-order valence-electron chi connectivity index (χ4n) is 9.36. The molecular weight excluding hydrogens is 879 g/mol. The lowest BCUT2D eigenvalue weighted by atomic mass is 9.99. The van der Waals surface area contributed by atoms with Gasteiger partial charge in [-0.1, -0.05) is 47.5 Å². The van der Waals surface area contributed by atoms with E-state index < -0.39 is 50.0 Å². The van der Waals surface area contributed by atoms with Crippen molar-refractivity contribution in [1.82, 2.24) is 29.5 Å².